The van der Waals surface area contributed by atoms with Crippen molar-refractivity contribution in [3.63, 3.8) is 0 Å². The number of rotatable bonds is 4. The molecule has 0 radical (unpaired) electrons. The Morgan fingerprint density at radius 2 is 1.83 bits per heavy atom. The number of anilines is 1. The smallest absolute Gasteiger partial charge is 0.264 e. The summed E-state index contributed by atoms with van der Waals surface area (Å²) in [5.41, 5.74) is 2.88. The van der Waals surface area contributed by atoms with Crippen molar-refractivity contribution in [1.82, 2.24) is 14.5 Å². The Morgan fingerprint density at radius 3 is 2.57 bits per heavy atom. The number of fused-ring (bicyclic) bond motifs is 3. The lowest BCUT2D eigenvalue weighted by Gasteiger charge is -2.52. The number of allylic oxidation sites excluding steroid dienone is 1. The van der Waals surface area contributed by atoms with Crippen LogP contribution in [0.1, 0.15) is 73.9 Å². The van der Waals surface area contributed by atoms with E-state index in [4.69, 9.17) is 25.8 Å². The van der Waals surface area contributed by atoms with Gasteiger partial charge in [0.15, 0.2) is 0 Å². The minimum Gasteiger partial charge on any atom is -0.487 e. The van der Waals surface area contributed by atoms with E-state index in [1.165, 1.54) is 5.56 Å². The summed E-state index contributed by atoms with van der Waals surface area (Å²) in [4.78, 5) is 21.1. The largest absolute Gasteiger partial charge is 0.487 e. The lowest BCUT2D eigenvalue weighted by atomic mass is 9.63. The van der Waals surface area contributed by atoms with Gasteiger partial charge in [-0.25, -0.2) is 13.1 Å². The molecule has 1 amide bonds. The first kappa shape index (κ1) is 38.6. The van der Waals surface area contributed by atoms with Gasteiger partial charge in [0.2, 0.25) is 10.0 Å². The summed E-state index contributed by atoms with van der Waals surface area (Å²) >= 11 is 6.41. The highest BCUT2D eigenvalue weighted by Crippen LogP contribution is 2.47. The molecule has 5 aliphatic rings. The summed E-state index contributed by atoms with van der Waals surface area (Å²) < 4.78 is 48.5. The number of aryl methyl sites for hydroxylation is 1. The van der Waals surface area contributed by atoms with Crippen molar-refractivity contribution in [2.45, 2.75) is 82.3 Å². The number of ether oxygens (including phenoxy) is 3. The van der Waals surface area contributed by atoms with Crippen molar-refractivity contribution >= 4 is 33.2 Å². The minimum atomic E-state index is -3.96. The lowest BCUT2D eigenvalue weighted by Crippen LogP contribution is -2.59. The predicted octanol–water partition coefficient (Wildman–Crippen LogP) is 5.92. The van der Waals surface area contributed by atoms with E-state index >= 15 is 0 Å². The molecule has 53 heavy (non-hydrogen) atoms. The van der Waals surface area contributed by atoms with Crippen LogP contribution in [0.4, 0.5) is 5.69 Å². The zero-order valence-corrected chi connectivity index (χ0v) is 33.2. The second-order valence-electron chi connectivity index (χ2n) is 16.0. The third kappa shape index (κ3) is 8.60. The molecule has 1 N–H and O–H groups in total. The number of hydrogen-bond donors (Lipinski definition) is 1. The van der Waals surface area contributed by atoms with Gasteiger partial charge in [0.25, 0.3) is 5.91 Å². The molecule has 1 aliphatic carbocycles. The van der Waals surface area contributed by atoms with Crippen LogP contribution in [-0.4, -0.2) is 107 Å². The highest BCUT2D eigenvalue weighted by Gasteiger charge is 2.48. The Morgan fingerprint density at radius 1 is 1.00 bits per heavy atom. The van der Waals surface area contributed by atoms with Gasteiger partial charge in [-0.1, -0.05) is 36.7 Å². The number of nitrogens with zero attached hydrogens (tertiary/aromatic N) is 3. The van der Waals surface area contributed by atoms with Crippen LogP contribution < -0.4 is 14.4 Å². The van der Waals surface area contributed by atoms with E-state index in [2.05, 4.69) is 31.6 Å². The molecular formula is C41H57ClN4O6S. The second kappa shape index (κ2) is 16.6. The number of carbonyl (C=O) groups is 1. The predicted molar refractivity (Wildman–Crippen MR) is 209 cm³/mol. The Labute approximate surface area is 321 Å². The number of piperazine rings is 1. The maximum absolute atomic E-state index is 13.6. The zero-order valence-electron chi connectivity index (χ0n) is 31.6. The van der Waals surface area contributed by atoms with Crippen LogP contribution in [0.15, 0.2) is 48.6 Å². The van der Waals surface area contributed by atoms with Gasteiger partial charge in [-0.15, -0.1) is 0 Å². The molecule has 6 atom stereocenters. The van der Waals surface area contributed by atoms with E-state index < -0.39 is 26.8 Å². The maximum Gasteiger partial charge on any atom is 0.264 e. The van der Waals surface area contributed by atoms with Crippen LogP contribution in [0.2, 0.25) is 5.02 Å². The molecule has 12 heteroatoms. The first-order valence-corrected chi connectivity index (χ1v) is 21.6. The van der Waals surface area contributed by atoms with E-state index in [0.29, 0.717) is 36.3 Å². The van der Waals surface area contributed by atoms with E-state index in [1.54, 1.807) is 13.0 Å². The van der Waals surface area contributed by atoms with E-state index in [9.17, 15) is 13.2 Å². The maximum atomic E-state index is 13.6. The van der Waals surface area contributed by atoms with Gasteiger partial charge >= 0.3 is 0 Å². The minimum absolute atomic E-state index is 0.220. The number of amides is 1. The number of methoxy groups -OCH3 is 1. The molecule has 2 saturated heterocycles. The summed E-state index contributed by atoms with van der Waals surface area (Å²) in [6.45, 7) is 12.0. The molecule has 0 aromatic heterocycles. The topological polar surface area (TPSA) is 101 Å². The molecule has 1 unspecified atom stereocenters. The second-order valence-corrected chi connectivity index (χ2v) is 18.5. The standard InChI is InChI=1S/C41H57ClN4O6S/c1-29-7-6-16-41(50-3,28-44-18-20-45(21-19-44)36-15-22-51-27-36)37-13-10-33(37)25-46-17-5-4-8-31-23-35(42)12-9-34(31)26-52-39-14-11-32(24-38(39)46)40(47)43-53(48,49)30(29)2/h6,9,11-12,14,16,23-24,29-30,33,36-37H,4-5,7-8,10,13,15,17-22,25-28H2,1-3H3,(H,43,47)/b16-6+/t29-,30+,33-,36?,37+,41+/m0/s1. The Kier molecular flexibility index (Phi) is 12.1. The molecule has 2 bridgehead atoms. The quantitative estimate of drug-likeness (QED) is 0.380. The number of hydrogen-bond acceptors (Lipinski definition) is 9. The normalized spacial score (nSPS) is 32.3. The van der Waals surface area contributed by atoms with Gasteiger partial charge in [0, 0.05) is 76.2 Å². The van der Waals surface area contributed by atoms with Gasteiger partial charge < -0.3 is 19.1 Å². The molecule has 4 aliphatic heterocycles. The summed E-state index contributed by atoms with van der Waals surface area (Å²) in [7, 11) is -2.11. The van der Waals surface area contributed by atoms with Crippen LogP contribution in [0.3, 0.4) is 0 Å². The molecule has 10 nitrogen and oxygen atoms in total. The number of halogens is 1. The van der Waals surface area contributed by atoms with Crippen LogP contribution in [-0.2, 0) is 32.5 Å². The summed E-state index contributed by atoms with van der Waals surface area (Å²) in [6.07, 6.45) is 11.0. The molecule has 0 spiro atoms. The zero-order chi connectivity index (χ0) is 37.2. The molecule has 4 heterocycles. The monoisotopic (exact) mass is 768 g/mol. The lowest BCUT2D eigenvalue weighted by molar-refractivity contribution is -0.0963. The first-order chi connectivity index (χ1) is 25.5. The van der Waals surface area contributed by atoms with Crippen LogP contribution in [0, 0.1) is 17.8 Å². The highest BCUT2D eigenvalue weighted by molar-refractivity contribution is 7.90. The molecule has 2 aromatic carbocycles. The van der Waals surface area contributed by atoms with Gasteiger partial charge in [0.1, 0.15) is 18.0 Å². The fraction of sp³-hybridized carbons (Fsp3) is 0.634. The van der Waals surface area contributed by atoms with Crippen molar-refractivity contribution in [3.05, 3.63) is 70.3 Å². The van der Waals surface area contributed by atoms with E-state index in [1.807, 2.05) is 44.4 Å². The van der Waals surface area contributed by atoms with Gasteiger partial charge in [-0.2, -0.15) is 0 Å². The summed E-state index contributed by atoms with van der Waals surface area (Å²) in [6, 6.07) is 11.8. The molecule has 2 aromatic rings. The number of carbonyl (C=O) groups excluding carboxylic acids is 1. The summed E-state index contributed by atoms with van der Waals surface area (Å²) in [5.74, 6) is 0.462. The average Bonchev–Trinajstić information content (AvgIpc) is 3.67. The first-order valence-electron chi connectivity index (χ1n) is 19.7. The fourth-order valence-corrected chi connectivity index (χ4v) is 10.6. The average molecular weight is 769 g/mol. The third-order valence-electron chi connectivity index (χ3n) is 12.9. The van der Waals surface area contributed by atoms with Gasteiger partial charge in [-0.05, 0) is 111 Å². The van der Waals surface area contributed by atoms with Crippen LogP contribution in [0.25, 0.3) is 0 Å². The molecule has 1 saturated carbocycles. The van der Waals surface area contributed by atoms with E-state index in [-0.39, 0.29) is 11.8 Å². The SMILES string of the molecule is CO[C@@]1(CN2CCN(C3CCOC3)CC2)/C=C/C[C@H](C)[C@@H](C)S(=O)(=O)NC(=O)c2ccc3c(c2)N(CCCCc2cc(Cl)ccc2CO3)C[C@@H]2CC[C@H]21. The Bertz CT molecular complexity index is 1740. The molecule has 7 rings (SSSR count). The van der Waals surface area contributed by atoms with Crippen LogP contribution >= 0.6 is 11.6 Å². The van der Waals surface area contributed by atoms with Crippen molar-refractivity contribution < 1.29 is 27.4 Å². The molecular weight excluding hydrogens is 712 g/mol. The number of nitrogens with one attached hydrogen (secondary N) is 1. The molecule has 3 fully saturated rings. The molecule has 290 valence electrons. The summed E-state index contributed by atoms with van der Waals surface area (Å²) in [5, 5.41) is -0.0604. The van der Waals surface area contributed by atoms with Gasteiger partial charge in [-0.3, -0.25) is 14.6 Å². The van der Waals surface area contributed by atoms with Crippen molar-refractivity contribution in [3.8, 4) is 5.75 Å². The van der Waals surface area contributed by atoms with Crippen molar-refractivity contribution in [1.29, 1.82) is 0 Å². The number of sulfonamides is 1. The Hall–Kier alpha value is -2.67. The number of benzene rings is 2. The third-order valence-corrected chi connectivity index (χ3v) is 15.0. The highest BCUT2D eigenvalue weighted by atomic mass is 35.5. The Balaban J connectivity index is 1.22. The van der Waals surface area contributed by atoms with Crippen molar-refractivity contribution in [2.24, 2.45) is 17.8 Å². The van der Waals surface area contributed by atoms with Gasteiger partial charge in [0.05, 0.1) is 17.5 Å². The van der Waals surface area contributed by atoms with E-state index in [0.717, 1.165) is 114 Å². The fourth-order valence-electron chi connectivity index (χ4n) is 9.08. The van der Waals surface area contributed by atoms with Crippen molar-refractivity contribution in [2.75, 3.05) is 71.0 Å². The van der Waals surface area contributed by atoms with Crippen LogP contribution in [0.5, 0.6) is 5.75 Å².